The first kappa shape index (κ1) is 16.4. The Labute approximate surface area is 124 Å². The van der Waals surface area contributed by atoms with E-state index in [0.29, 0.717) is 17.0 Å². The quantitative estimate of drug-likeness (QED) is 0.855. The van der Waals surface area contributed by atoms with Crippen LogP contribution in [0.5, 0.6) is 5.75 Å². The number of hydrogen-bond donors (Lipinski definition) is 1. The number of Topliss-reactive ketones (excluding diaryl/α,β-unsaturated/α-hetero) is 1. The third kappa shape index (κ3) is 5.10. The van der Waals surface area contributed by atoms with Crippen molar-refractivity contribution < 1.29 is 14.3 Å². The molecule has 0 heterocycles. The maximum absolute atomic E-state index is 11.7. The number of benzene rings is 2. The van der Waals surface area contributed by atoms with Gasteiger partial charge in [0.05, 0.1) is 0 Å². The Morgan fingerprint density at radius 2 is 1.62 bits per heavy atom. The van der Waals surface area contributed by atoms with Gasteiger partial charge in [0.2, 0.25) is 0 Å². The van der Waals surface area contributed by atoms with Crippen molar-refractivity contribution in [2.75, 3.05) is 11.9 Å². The highest BCUT2D eigenvalue weighted by Gasteiger charge is 2.04. The van der Waals surface area contributed by atoms with Crippen LogP contribution in [-0.2, 0) is 4.79 Å². The monoisotopic (exact) mass is 285 g/mol. The second kappa shape index (κ2) is 7.85. The fourth-order valence-electron chi connectivity index (χ4n) is 1.65. The lowest BCUT2D eigenvalue weighted by Crippen LogP contribution is -2.20. The third-order valence-corrected chi connectivity index (χ3v) is 2.69. The molecule has 1 amide bonds. The number of carbonyl (C=O) groups excluding carboxylic acids is 2. The van der Waals surface area contributed by atoms with E-state index in [1.807, 2.05) is 18.2 Å². The summed E-state index contributed by atoms with van der Waals surface area (Å²) in [6.07, 6.45) is 0. The Balaban J connectivity index is 0.00000220. The number of ketones is 1. The van der Waals surface area contributed by atoms with Crippen LogP contribution in [0, 0.1) is 0 Å². The SMILES string of the molecule is C.CC(=O)c1ccc(NC(=O)COc2ccccc2)cc1. The lowest BCUT2D eigenvalue weighted by molar-refractivity contribution is -0.118. The Morgan fingerprint density at radius 3 is 2.19 bits per heavy atom. The van der Waals surface area contributed by atoms with E-state index in [-0.39, 0.29) is 25.7 Å². The number of carbonyl (C=O) groups is 2. The van der Waals surface area contributed by atoms with Gasteiger partial charge in [-0.3, -0.25) is 9.59 Å². The first-order chi connectivity index (χ1) is 9.65. The Morgan fingerprint density at radius 1 is 1.00 bits per heavy atom. The molecule has 0 radical (unpaired) electrons. The molecule has 0 unspecified atom stereocenters. The maximum atomic E-state index is 11.7. The number of hydrogen-bond acceptors (Lipinski definition) is 3. The molecule has 0 aliphatic heterocycles. The molecule has 0 saturated carbocycles. The second-order valence-corrected chi connectivity index (χ2v) is 4.28. The van der Waals surface area contributed by atoms with Gasteiger partial charge in [-0.1, -0.05) is 25.6 Å². The molecule has 2 aromatic rings. The fraction of sp³-hybridized carbons (Fsp3) is 0.176. The van der Waals surface area contributed by atoms with Crippen molar-refractivity contribution in [3.8, 4) is 5.75 Å². The van der Waals surface area contributed by atoms with Crippen LogP contribution >= 0.6 is 0 Å². The van der Waals surface area contributed by atoms with E-state index in [0.717, 1.165) is 0 Å². The molecule has 0 atom stereocenters. The minimum atomic E-state index is -0.246. The molecule has 110 valence electrons. The van der Waals surface area contributed by atoms with Gasteiger partial charge in [-0.2, -0.15) is 0 Å². The molecule has 4 heteroatoms. The maximum Gasteiger partial charge on any atom is 0.262 e. The molecule has 0 spiro atoms. The topological polar surface area (TPSA) is 55.4 Å². The van der Waals surface area contributed by atoms with E-state index in [2.05, 4.69) is 5.32 Å². The zero-order chi connectivity index (χ0) is 14.4. The molecule has 4 nitrogen and oxygen atoms in total. The summed E-state index contributed by atoms with van der Waals surface area (Å²) in [7, 11) is 0. The average Bonchev–Trinajstić information content (AvgIpc) is 2.47. The smallest absolute Gasteiger partial charge is 0.262 e. The minimum Gasteiger partial charge on any atom is -0.484 e. The van der Waals surface area contributed by atoms with Crippen molar-refractivity contribution in [3.63, 3.8) is 0 Å². The van der Waals surface area contributed by atoms with Gasteiger partial charge in [0.15, 0.2) is 12.4 Å². The van der Waals surface area contributed by atoms with E-state index < -0.39 is 0 Å². The summed E-state index contributed by atoms with van der Waals surface area (Å²) in [5.74, 6) is 0.397. The van der Waals surface area contributed by atoms with E-state index in [1.165, 1.54) is 6.92 Å². The number of nitrogens with one attached hydrogen (secondary N) is 1. The van der Waals surface area contributed by atoms with E-state index in [9.17, 15) is 9.59 Å². The summed E-state index contributed by atoms with van der Waals surface area (Å²) in [5, 5.41) is 2.70. The van der Waals surface area contributed by atoms with Crippen molar-refractivity contribution >= 4 is 17.4 Å². The van der Waals surface area contributed by atoms with E-state index in [1.54, 1.807) is 36.4 Å². The van der Waals surface area contributed by atoms with Gasteiger partial charge in [0.1, 0.15) is 5.75 Å². The van der Waals surface area contributed by atoms with Gasteiger partial charge < -0.3 is 10.1 Å². The predicted octanol–water partition coefficient (Wildman–Crippen LogP) is 3.54. The van der Waals surface area contributed by atoms with Gasteiger partial charge in [-0.25, -0.2) is 0 Å². The molecule has 0 aliphatic carbocycles. The van der Waals surface area contributed by atoms with Crippen LogP contribution in [0.15, 0.2) is 54.6 Å². The number of ether oxygens (including phenoxy) is 1. The summed E-state index contributed by atoms with van der Waals surface area (Å²) < 4.78 is 5.34. The second-order valence-electron chi connectivity index (χ2n) is 4.28. The number of anilines is 1. The number of para-hydroxylation sites is 1. The molecule has 1 N–H and O–H groups in total. The molecule has 0 bridgehead atoms. The van der Waals surface area contributed by atoms with Crippen molar-refractivity contribution in [1.82, 2.24) is 0 Å². The lowest BCUT2D eigenvalue weighted by atomic mass is 10.1. The van der Waals surface area contributed by atoms with E-state index in [4.69, 9.17) is 4.74 Å². The summed E-state index contributed by atoms with van der Waals surface area (Å²) in [6.45, 7) is 1.44. The molecule has 2 aromatic carbocycles. The summed E-state index contributed by atoms with van der Waals surface area (Å²) >= 11 is 0. The molecule has 0 aliphatic rings. The average molecular weight is 285 g/mol. The number of rotatable bonds is 5. The first-order valence-corrected chi connectivity index (χ1v) is 6.24. The van der Waals surface area contributed by atoms with Crippen molar-refractivity contribution in [2.45, 2.75) is 14.4 Å². The normalized spacial score (nSPS) is 9.38. The van der Waals surface area contributed by atoms with Crippen LogP contribution in [0.2, 0.25) is 0 Å². The Bertz CT molecular complexity index is 591. The van der Waals surface area contributed by atoms with Gasteiger partial charge in [-0.05, 0) is 43.3 Å². The van der Waals surface area contributed by atoms with Crippen LogP contribution in [-0.4, -0.2) is 18.3 Å². The zero-order valence-electron chi connectivity index (χ0n) is 11.1. The van der Waals surface area contributed by atoms with Crippen molar-refractivity contribution in [1.29, 1.82) is 0 Å². The zero-order valence-corrected chi connectivity index (χ0v) is 11.1. The van der Waals surface area contributed by atoms with Gasteiger partial charge in [0, 0.05) is 11.3 Å². The van der Waals surface area contributed by atoms with Gasteiger partial charge in [-0.15, -0.1) is 0 Å². The van der Waals surface area contributed by atoms with Crippen molar-refractivity contribution in [2.24, 2.45) is 0 Å². The third-order valence-electron chi connectivity index (χ3n) is 2.69. The van der Waals surface area contributed by atoms with Gasteiger partial charge >= 0.3 is 0 Å². The highest BCUT2D eigenvalue weighted by molar-refractivity contribution is 5.95. The standard InChI is InChI=1S/C16H15NO3.CH4/c1-12(18)13-7-9-14(10-8-13)17-16(19)11-20-15-5-3-2-4-6-15;/h2-10H,11H2,1H3,(H,17,19);1H4. The first-order valence-electron chi connectivity index (χ1n) is 6.24. The minimum absolute atomic E-state index is 0. The predicted molar refractivity (Wildman–Crippen MR) is 83.7 cm³/mol. The Hall–Kier alpha value is -2.62. The van der Waals surface area contributed by atoms with Crippen molar-refractivity contribution in [3.05, 3.63) is 60.2 Å². The largest absolute Gasteiger partial charge is 0.484 e. The van der Waals surface area contributed by atoms with Crippen LogP contribution < -0.4 is 10.1 Å². The number of amides is 1. The summed E-state index contributed by atoms with van der Waals surface area (Å²) in [4.78, 5) is 22.8. The fourth-order valence-corrected chi connectivity index (χ4v) is 1.65. The van der Waals surface area contributed by atoms with Gasteiger partial charge in [0.25, 0.3) is 5.91 Å². The highest BCUT2D eigenvalue weighted by Crippen LogP contribution is 2.11. The van der Waals surface area contributed by atoms with Crippen LogP contribution in [0.25, 0.3) is 0 Å². The molecule has 21 heavy (non-hydrogen) atoms. The molecule has 0 fully saturated rings. The summed E-state index contributed by atoms with van der Waals surface area (Å²) in [6, 6.07) is 15.9. The molecular weight excluding hydrogens is 266 g/mol. The van der Waals surface area contributed by atoms with Crippen LogP contribution in [0.1, 0.15) is 24.7 Å². The summed E-state index contributed by atoms with van der Waals surface area (Å²) in [5.41, 5.74) is 1.25. The van der Waals surface area contributed by atoms with Crippen LogP contribution in [0.4, 0.5) is 5.69 Å². The Kier molecular flexibility index (Phi) is 6.14. The molecule has 2 rings (SSSR count). The van der Waals surface area contributed by atoms with Crippen LogP contribution in [0.3, 0.4) is 0 Å². The van der Waals surface area contributed by atoms with E-state index >= 15 is 0 Å². The lowest BCUT2D eigenvalue weighted by Gasteiger charge is -2.07. The highest BCUT2D eigenvalue weighted by atomic mass is 16.5. The molecule has 0 aromatic heterocycles. The molecular formula is C17H19NO3. The molecule has 0 saturated heterocycles.